The highest BCUT2D eigenvalue weighted by atomic mass is 16.3. The molecular weight excluding hydrogens is 268 g/mol. The largest absolute Gasteiger partial charge is 0.396 e. The van der Waals surface area contributed by atoms with Crippen molar-refractivity contribution in [2.45, 2.75) is 25.3 Å². The highest BCUT2D eigenvalue weighted by molar-refractivity contribution is 5.88. The minimum absolute atomic E-state index is 0.0786. The molecule has 0 atom stereocenters. The molecule has 1 aromatic rings. The zero-order valence-electron chi connectivity index (χ0n) is 12.5. The Labute approximate surface area is 125 Å². The van der Waals surface area contributed by atoms with Crippen LogP contribution in [0.5, 0.6) is 0 Å². The van der Waals surface area contributed by atoms with Gasteiger partial charge in [-0.3, -0.25) is 5.32 Å². The first-order valence-corrected chi connectivity index (χ1v) is 7.49. The molecule has 1 aliphatic heterocycles. The summed E-state index contributed by atoms with van der Waals surface area (Å²) >= 11 is 0. The van der Waals surface area contributed by atoms with Crippen LogP contribution in [0.15, 0.2) is 24.4 Å². The molecule has 2 rings (SSSR count). The number of amides is 2. The molecule has 6 heteroatoms. The highest BCUT2D eigenvalue weighted by Crippen LogP contribution is 2.16. The summed E-state index contributed by atoms with van der Waals surface area (Å²) in [5, 5.41) is 11.7. The summed E-state index contributed by atoms with van der Waals surface area (Å²) in [6, 6.07) is 5.88. The number of nitrogens with zero attached hydrogens (tertiary/aromatic N) is 3. The number of rotatable bonds is 5. The van der Waals surface area contributed by atoms with Gasteiger partial charge in [0.1, 0.15) is 5.82 Å². The van der Waals surface area contributed by atoms with Gasteiger partial charge in [-0.25, -0.2) is 9.78 Å². The lowest BCUT2D eigenvalue weighted by Gasteiger charge is -2.36. The number of pyridine rings is 1. The van der Waals surface area contributed by atoms with E-state index in [1.807, 2.05) is 17.0 Å². The number of hydrogen-bond acceptors (Lipinski definition) is 4. The van der Waals surface area contributed by atoms with Gasteiger partial charge in [-0.1, -0.05) is 6.07 Å². The minimum atomic E-state index is -0.0786. The zero-order valence-corrected chi connectivity index (χ0v) is 12.5. The maximum atomic E-state index is 12.1. The molecule has 2 N–H and O–H groups in total. The number of urea groups is 1. The topological polar surface area (TPSA) is 68.7 Å². The molecule has 2 amide bonds. The van der Waals surface area contributed by atoms with Gasteiger partial charge in [0, 0.05) is 38.5 Å². The number of hydrogen-bond donors (Lipinski definition) is 2. The lowest BCUT2D eigenvalue weighted by Crippen LogP contribution is -2.47. The molecule has 1 aliphatic rings. The summed E-state index contributed by atoms with van der Waals surface area (Å²) in [5.74, 6) is 0.588. The SMILES string of the molecule is CN(CCCO)C1CCN(C(=O)Nc2ccccn2)CC1. The van der Waals surface area contributed by atoms with E-state index in [4.69, 9.17) is 5.11 Å². The van der Waals surface area contributed by atoms with E-state index in [0.29, 0.717) is 11.9 Å². The highest BCUT2D eigenvalue weighted by Gasteiger charge is 2.25. The van der Waals surface area contributed by atoms with Gasteiger partial charge < -0.3 is 14.9 Å². The van der Waals surface area contributed by atoms with Crippen LogP contribution < -0.4 is 5.32 Å². The Morgan fingerprint density at radius 1 is 1.48 bits per heavy atom. The first-order chi connectivity index (χ1) is 10.2. The van der Waals surface area contributed by atoms with Gasteiger partial charge >= 0.3 is 6.03 Å². The summed E-state index contributed by atoms with van der Waals surface area (Å²) in [6.45, 7) is 2.65. The Bertz CT molecular complexity index is 433. The van der Waals surface area contributed by atoms with Crippen LogP contribution in [-0.4, -0.2) is 65.3 Å². The van der Waals surface area contributed by atoms with Crippen molar-refractivity contribution in [1.82, 2.24) is 14.8 Å². The number of aromatic nitrogens is 1. The van der Waals surface area contributed by atoms with Crippen molar-refractivity contribution in [2.24, 2.45) is 0 Å². The molecule has 0 saturated carbocycles. The average Bonchev–Trinajstić information content (AvgIpc) is 2.53. The Balaban J connectivity index is 1.77. The van der Waals surface area contributed by atoms with Gasteiger partial charge in [0.25, 0.3) is 0 Å². The average molecular weight is 292 g/mol. The third kappa shape index (κ3) is 4.68. The Kier molecular flexibility index (Phi) is 5.95. The predicted octanol–water partition coefficient (Wildman–Crippen LogP) is 1.39. The number of likely N-dealkylation sites (tertiary alicyclic amines) is 1. The molecule has 1 aromatic heterocycles. The maximum Gasteiger partial charge on any atom is 0.323 e. The van der Waals surface area contributed by atoms with Crippen molar-refractivity contribution >= 4 is 11.8 Å². The van der Waals surface area contributed by atoms with Gasteiger partial charge in [-0.05, 0) is 38.4 Å². The van der Waals surface area contributed by atoms with E-state index in [1.165, 1.54) is 0 Å². The fourth-order valence-corrected chi connectivity index (χ4v) is 2.64. The van der Waals surface area contributed by atoms with Gasteiger partial charge in [0.15, 0.2) is 0 Å². The summed E-state index contributed by atoms with van der Waals surface area (Å²) in [4.78, 5) is 20.4. The first-order valence-electron chi connectivity index (χ1n) is 7.49. The summed E-state index contributed by atoms with van der Waals surface area (Å²) in [7, 11) is 2.09. The molecule has 21 heavy (non-hydrogen) atoms. The van der Waals surface area contributed by atoms with Crippen molar-refractivity contribution < 1.29 is 9.90 Å². The van der Waals surface area contributed by atoms with Crippen molar-refractivity contribution in [2.75, 3.05) is 38.6 Å². The summed E-state index contributed by atoms with van der Waals surface area (Å²) in [6.07, 6.45) is 4.41. The van der Waals surface area contributed by atoms with E-state index in [0.717, 1.165) is 38.9 Å². The van der Waals surface area contributed by atoms with Gasteiger partial charge in [0.05, 0.1) is 0 Å². The second kappa shape index (κ2) is 7.95. The molecule has 0 radical (unpaired) electrons. The smallest absolute Gasteiger partial charge is 0.323 e. The lowest BCUT2D eigenvalue weighted by atomic mass is 10.0. The van der Waals surface area contributed by atoms with Gasteiger partial charge in [-0.2, -0.15) is 0 Å². The lowest BCUT2D eigenvalue weighted by molar-refractivity contribution is 0.134. The molecule has 1 fully saturated rings. The first kappa shape index (κ1) is 15.7. The Morgan fingerprint density at radius 2 is 2.24 bits per heavy atom. The van der Waals surface area contributed by atoms with Crippen LogP contribution in [0.25, 0.3) is 0 Å². The van der Waals surface area contributed by atoms with E-state index in [1.54, 1.807) is 12.3 Å². The van der Waals surface area contributed by atoms with E-state index in [-0.39, 0.29) is 12.6 Å². The summed E-state index contributed by atoms with van der Waals surface area (Å²) < 4.78 is 0. The standard InChI is InChI=1S/C15H24N4O2/c1-18(9-4-12-20)13-6-10-19(11-7-13)15(21)17-14-5-2-3-8-16-14/h2-3,5,8,13,20H,4,6-7,9-12H2,1H3,(H,16,17,21). The third-order valence-corrected chi connectivity index (χ3v) is 3.94. The molecule has 0 bridgehead atoms. The van der Waals surface area contributed by atoms with E-state index < -0.39 is 0 Å². The molecular formula is C15H24N4O2. The van der Waals surface area contributed by atoms with Crippen LogP contribution in [0.2, 0.25) is 0 Å². The second-order valence-electron chi connectivity index (χ2n) is 5.42. The molecule has 6 nitrogen and oxygen atoms in total. The summed E-state index contributed by atoms with van der Waals surface area (Å²) in [5.41, 5.74) is 0. The molecule has 0 aromatic carbocycles. The third-order valence-electron chi connectivity index (χ3n) is 3.94. The van der Waals surface area contributed by atoms with Crippen LogP contribution in [0.3, 0.4) is 0 Å². The van der Waals surface area contributed by atoms with Crippen LogP contribution in [0, 0.1) is 0 Å². The minimum Gasteiger partial charge on any atom is -0.396 e. The Hall–Kier alpha value is -1.66. The van der Waals surface area contributed by atoms with Gasteiger partial charge in [-0.15, -0.1) is 0 Å². The Morgan fingerprint density at radius 3 is 2.86 bits per heavy atom. The molecule has 2 heterocycles. The molecule has 1 saturated heterocycles. The number of carbonyl (C=O) groups is 1. The molecule has 0 aliphatic carbocycles. The van der Waals surface area contributed by atoms with Crippen LogP contribution >= 0.6 is 0 Å². The fourth-order valence-electron chi connectivity index (χ4n) is 2.64. The number of carbonyl (C=O) groups excluding carboxylic acids is 1. The van der Waals surface area contributed by atoms with Gasteiger partial charge in [0.2, 0.25) is 0 Å². The van der Waals surface area contributed by atoms with Crippen molar-refractivity contribution in [1.29, 1.82) is 0 Å². The number of anilines is 1. The molecule has 0 spiro atoms. The van der Waals surface area contributed by atoms with Crippen molar-refractivity contribution in [3.63, 3.8) is 0 Å². The monoisotopic (exact) mass is 292 g/mol. The van der Waals surface area contributed by atoms with Crippen LogP contribution in [-0.2, 0) is 0 Å². The van der Waals surface area contributed by atoms with E-state index in [9.17, 15) is 4.79 Å². The quantitative estimate of drug-likeness (QED) is 0.860. The van der Waals surface area contributed by atoms with Crippen molar-refractivity contribution in [3.8, 4) is 0 Å². The van der Waals surface area contributed by atoms with E-state index in [2.05, 4.69) is 22.2 Å². The zero-order chi connectivity index (χ0) is 15.1. The van der Waals surface area contributed by atoms with Crippen LogP contribution in [0.1, 0.15) is 19.3 Å². The van der Waals surface area contributed by atoms with Crippen LogP contribution in [0.4, 0.5) is 10.6 Å². The van der Waals surface area contributed by atoms with E-state index >= 15 is 0 Å². The van der Waals surface area contributed by atoms with Crippen molar-refractivity contribution in [3.05, 3.63) is 24.4 Å². The number of nitrogens with one attached hydrogen (secondary N) is 1. The number of piperidine rings is 1. The maximum absolute atomic E-state index is 12.1. The normalized spacial score (nSPS) is 16.2. The number of aliphatic hydroxyl groups excluding tert-OH is 1. The molecule has 116 valence electrons. The molecule has 0 unspecified atom stereocenters. The predicted molar refractivity (Wildman–Crippen MR) is 82.2 cm³/mol. The second-order valence-corrected chi connectivity index (χ2v) is 5.42. The number of aliphatic hydroxyl groups is 1. The fraction of sp³-hybridized carbons (Fsp3) is 0.600.